The van der Waals surface area contributed by atoms with Crippen LogP contribution in [0.15, 0.2) is 65.8 Å². The molecule has 96 valence electrons. The first kappa shape index (κ1) is 12.0. The van der Waals surface area contributed by atoms with Crippen molar-refractivity contribution in [1.82, 2.24) is 0 Å². The van der Waals surface area contributed by atoms with Crippen molar-refractivity contribution in [1.29, 1.82) is 0 Å². The van der Waals surface area contributed by atoms with Gasteiger partial charge in [0.05, 0.1) is 17.4 Å². The van der Waals surface area contributed by atoms with Crippen LogP contribution < -0.4 is 5.01 Å². The van der Waals surface area contributed by atoms with Crippen LogP contribution in [0.25, 0.3) is 0 Å². The molecule has 0 radical (unpaired) electrons. The van der Waals surface area contributed by atoms with E-state index in [1.54, 1.807) is 0 Å². The molecule has 3 rings (SSSR count). The highest BCUT2D eigenvalue weighted by Crippen LogP contribution is 2.30. The van der Waals surface area contributed by atoms with Gasteiger partial charge in [-0.05, 0) is 24.6 Å². The van der Waals surface area contributed by atoms with Crippen LogP contribution in [0.1, 0.15) is 19.4 Å². The van der Waals surface area contributed by atoms with Crippen LogP contribution in [0.4, 0.5) is 5.69 Å². The van der Waals surface area contributed by atoms with Crippen molar-refractivity contribution >= 4 is 11.4 Å². The fourth-order valence-electron chi connectivity index (χ4n) is 2.54. The number of nitrogens with zero attached hydrogens (tertiary/aromatic N) is 2. The van der Waals surface area contributed by atoms with Gasteiger partial charge in [-0.3, -0.25) is 5.01 Å². The predicted molar refractivity (Wildman–Crippen MR) is 80.5 cm³/mol. The third-order valence-electron chi connectivity index (χ3n) is 3.85. The lowest BCUT2D eigenvalue weighted by Crippen LogP contribution is -2.28. The molecule has 2 aromatic rings. The zero-order valence-electron chi connectivity index (χ0n) is 11.3. The highest BCUT2D eigenvalue weighted by Gasteiger charge is 2.31. The standard InChI is InChI=1S/C17H18N2/c1-13-14(2)19(16-11-7-4-8-12-16)18-17(13)15-9-5-3-6-10-15/h3-14H,1-2H3. The SMILES string of the molecule is CC1C(c2ccccc2)=NN(c2ccccc2)C1C. The second kappa shape index (κ2) is 4.88. The summed E-state index contributed by atoms with van der Waals surface area (Å²) in [5.41, 5.74) is 3.56. The molecule has 2 aromatic carbocycles. The normalized spacial score (nSPS) is 22.4. The third-order valence-corrected chi connectivity index (χ3v) is 3.85. The highest BCUT2D eigenvalue weighted by molar-refractivity contribution is 6.04. The van der Waals surface area contributed by atoms with Crippen LogP contribution in [-0.2, 0) is 0 Å². The molecule has 19 heavy (non-hydrogen) atoms. The second-order valence-corrected chi connectivity index (χ2v) is 5.06. The molecule has 0 amide bonds. The molecule has 0 bridgehead atoms. The largest absolute Gasteiger partial charge is 0.262 e. The van der Waals surface area contributed by atoms with E-state index in [-0.39, 0.29) is 0 Å². The molecule has 1 aliphatic heterocycles. The van der Waals surface area contributed by atoms with E-state index < -0.39 is 0 Å². The Balaban J connectivity index is 1.99. The van der Waals surface area contributed by atoms with Crippen molar-refractivity contribution in [2.45, 2.75) is 19.9 Å². The van der Waals surface area contributed by atoms with Gasteiger partial charge in [0.1, 0.15) is 0 Å². The minimum atomic E-state index is 0.387. The van der Waals surface area contributed by atoms with E-state index in [4.69, 9.17) is 5.10 Å². The summed E-state index contributed by atoms with van der Waals surface area (Å²) >= 11 is 0. The van der Waals surface area contributed by atoms with Crippen molar-refractivity contribution in [3.05, 3.63) is 66.2 Å². The number of hydrogen-bond donors (Lipinski definition) is 0. The summed E-state index contributed by atoms with van der Waals surface area (Å²) in [5, 5.41) is 6.97. The lowest BCUT2D eigenvalue weighted by Gasteiger charge is -2.22. The summed E-state index contributed by atoms with van der Waals surface area (Å²) < 4.78 is 0. The van der Waals surface area contributed by atoms with Crippen molar-refractivity contribution in [3.8, 4) is 0 Å². The van der Waals surface area contributed by atoms with Gasteiger partial charge in [0.15, 0.2) is 0 Å². The molecule has 0 saturated heterocycles. The van der Waals surface area contributed by atoms with E-state index in [9.17, 15) is 0 Å². The van der Waals surface area contributed by atoms with Crippen molar-refractivity contribution in [2.24, 2.45) is 11.0 Å². The lowest BCUT2D eigenvalue weighted by atomic mass is 9.94. The predicted octanol–water partition coefficient (Wildman–Crippen LogP) is 3.94. The smallest absolute Gasteiger partial charge is 0.0731 e. The maximum Gasteiger partial charge on any atom is 0.0731 e. The average molecular weight is 250 g/mol. The summed E-state index contributed by atoms with van der Waals surface area (Å²) in [6.45, 7) is 4.48. The minimum absolute atomic E-state index is 0.387. The van der Waals surface area contributed by atoms with Crippen LogP contribution >= 0.6 is 0 Å². The van der Waals surface area contributed by atoms with Gasteiger partial charge in [0.25, 0.3) is 0 Å². The minimum Gasteiger partial charge on any atom is -0.262 e. The fourth-order valence-corrected chi connectivity index (χ4v) is 2.54. The molecule has 2 atom stereocenters. The first-order valence-corrected chi connectivity index (χ1v) is 6.75. The van der Waals surface area contributed by atoms with Gasteiger partial charge in [-0.2, -0.15) is 5.10 Å². The molecule has 2 heteroatoms. The first-order chi connectivity index (χ1) is 9.27. The zero-order chi connectivity index (χ0) is 13.2. The maximum atomic E-state index is 4.84. The van der Waals surface area contributed by atoms with Crippen LogP contribution in [0, 0.1) is 5.92 Å². The van der Waals surface area contributed by atoms with Crippen LogP contribution in [0.3, 0.4) is 0 Å². The molecule has 2 unspecified atom stereocenters. The van der Waals surface area contributed by atoms with E-state index in [0.717, 1.165) is 5.69 Å². The molecule has 0 fully saturated rings. The lowest BCUT2D eigenvalue weighted by molar-refractivity contribution is 0.604. The number of rotatable bonds is 2. The molecule has 1 aliphatic rings. The monoisotopic (exact) mass is 250 g/mol. The first-order valence-electron chi connectivity index (χ1n) is 6.75. The van der Waals surface area contributed by atoms with Gasteiger partial charge >= 0.3 is 0 Å². The van der Waals surface area contributed by atoms with Crippen LogP contribution in [0.5, 0.6) is 0 Å². The average Bonchev–Trinajstić information content (AvgIpc) is 2.77. The maximum absolute atomic E-state index is 4.84. The van der Waals surface area contributed by atoms with Crippen LogP contribution in [-0.4, -0.2) is 11.8 Å². The number of para-hydroxylation sites is 1. The van der Waals surface area contributed by atoms with Gasteiger partial charge in [0.2, 0.25) is 0 Å². The molecular formula is C17H18N2. The van der Waals surface area contributed by atoms with Gasteiger partial charge < -0.3 is 0 Å². The van der Waals surface area contributed by atoms with E-state index in [0.29, 0.717) is 12.0 Å². The number of benzene rings is 2. The second-order valence-electron chi connectivity index (χ2n) is 5.06. The Morgan fingerprint density at radius 1 is 0.842 bits per heavy atom. The van der Waals surface area contributed by atoms with Gasteiger partial charge in [-0.15, -0.1) is 0 Å². The molecule has 0 aliphatic carbocycles. The number of hydrogen-bond acceptors (Lipinski definition) is 2. The number of hydrazone groups is 1. The fraction of sp³-hybridized carbons (Fsp3) is 0.235. The molecule has 1 heterocycles. The molecule has 2 nitrogen and oxygen atoms in total. The Kier molecular flexibility index (Phi) is 3.08. The van der Waals surface area contributed by atoms with Gasteiger partial charge in [0, 0.05) is 5.92 Å². The Morgan fingerprint density at radius 3 is 2.05 bits per heavy atom. The topological polar surface area (TPSA) is 15.6 Å². The summed E-state index contributed by atoms with van der Waals surface area (Å²) in [4.78, 5) is 0. The quantitative estimate of drug-likeness (QED) is 0.788. The number of anilines is 1. The molecule has 0 spiro atoms. The molecule has 0 N–H and O–H groups in total. The van der Waals surface area contributed by atoms with Gasteiger partial charge in [-0.25, -0.2) is 0 Å². The summed E-state index contributed by atoms with van der Waals surface area (Å²) in [7, 11) is 0. The Bertz CT molecular complexity index is 575. The van der Waals surface area contributed by atoms with Crippen molar-refractivity contribution in [2.75, 3.05) is 5.01 Å². The van der Waals surface area contributed by atoms with E-state index >= 15 is 0 Å². The van der Waals surface area contributed by atoms with Crippen molar-refractivity contribution in [3.63, 3.8) is 0 Å². The van der Waals surface area contributed by atoms with Crippen LogP contribution in [0.2, 0.25) is 0 Å². The highest BCUT2D eigenvalue weighted by atomic mass is 15.5. The van der Waals surface area contributed by atoms with E-state index in [2.05, 4.69) is 67.4 Å². The van der Waals surface area contributed by atoms with Crippen molar-refractivity contribution < 1.29 is 0 Å². The summed E-state index contributed by atoms with van der Waals surface area (Å²) in [6, 6.07) is 21.2. The van der Waals surface area contributed by atoms with E-state index in [1.165, 1.54) is 11.3 Å². The Labute approximate surface area is 114 Å². The van der Waals surface area contributed by atoms with E-state index in [1.807, 2.05) is 12.1 Å². The Morgan fingerprint density at radius 2 is 1.42 bits per heavy atom. The van der Waals surface area contributed by atoms with Gasteiger partial charge in [-0.1, -0.05) is 55.5 Å². The molecular weight excluding hydrogens is 232 g/mol. The zero-order valence-corrected chi connectivity index (χ0v) is 11.3. The summed E-state index contributed by atoms with van der Waals surface area (Å²) in [6.07, 6.45) is 0. The molecule has 0 aromatic heterocycles. The summed E-state index contributed by atoms with van der Waals surface area (Å²) in [5.74, 6) is 0.433. The third kappa shape index (κ3) is 2.14. The molecule has 0 saturated carbocycles. The Hall–Kier alpha value is -2.09.